The maximum atomic E-state index is 11.8. The number of ketones is 1. The second kappa shape index (κ2) is 5.55. The highest BCUT2D eigenvalue weighted by Crippen LogP contribution is 2.23. The number of rotatable bonds is 3. The summed E-state index contributed by atoms with van der Waals surface area (Å²) < 4.78 is 5.31. The van der Waals surface area contributed by atoms with Crippen molar-refractivity contribution in [1.29, 1.82) is 0 Å². The molecule has 1 fully saturated rings. The number of carbonyl (C=O) groups is 2. The van der Waals surface area contributed by atoms with Crippen LogP contribution in [0.2, 0.25) is 0 Å². The Labute approximate surface area is 109 Å². The molecule has 0 aliphatic carbocycles. The average Bonchev–Trinajstić information content (AvgIpc) is 2.63. The molecule has 1 atom stereocenters. The second-order valence-electron chi connectivity index (χ2n) is 5.99. The van der Waals surface area contributed by atoms with Crippen molar-refractivity contribution in [3.05, 3.63) is 12.2 Å². The van der Waals surface area contributed by atoms with Crippen molar-refractivity contribution in [3.8, 4) is 0 Å². The van der Waals surface area contributed by atoms with Crippen LogP contribution in [0.5, 0.6) is 0 Å². The molecule has 1 amide bonds. The van der Waals surface area contributed by atoms with Crippen molar-refractivity contribution in [2.45, 2.75) is 46.1 Å². The SMILES string of the molecule is C=C(C)C(=O)CC1CCN(C(=O)OC(C)(C)C)C1. The van der Waals surface area contributed by atoms with Crippen molar-refractivity contribution in [1.82, 2.24) is 4.90 Å². The molecule has 1 rings (SSSR count). The molecule has 0 spiro atoms. The Bertz CT molecular complexity index is 355. The van der Waals surface area contributed by atoms with Crippen molar-refractivity contribution in [2.24, 2.45) is 5.92 Å². The predicted molar refractivity (Wildman–Crippen MR) is 70.4 cm³/mol. The molecule has 18 heavy (non-hydrogen) atoms. The zero-order chi connectivity index (χ0) is 13.9. The number of carbonyl (C=O) groups excluding carboxylic acids is 2. The van der Waals surface area contributed by atoms with Crippen LogP contribution < -0.4 is 0 Å². The van der Waals surface area contributed by atoms with Crippen molar-refractivity contribution < 1.29 is 14.3 Å². The lowest BCUT2D eigenvalue weighted by Gasteiger charge is -2.24. The molecule has 0 aromatic heterocycles. The molecule has 0 saturated carbocycles. The summed E-state index contributed by atoms with van der Waals surface area (Å²) in [5.74, 6) is 0.327. The van der Waals surface area contributed by atoms with Crippen LogP contribution in [0.4, 0.5) is 4.79 Å². The van der Waals surface area contributed by atoms with Gasteiger partial charge in [0.15, 0.2) is 5.78 Å². The quantitative estimate of drug-likeness (QED) is 0.727. The summed E-state index contributed by atoms with van der Waals surface area (Å²) >= 11 is 0. The van der Waals surface area contributed by atoms with Gasteiger partial charge < -0.3 is 9.64 Å². The van der Waals surface area contributed by atoms with Gasteiger partial charge in [-0.25, -0.2) is 4.79 Å². The van der Waals surface area contributed by atoms with Gasteiger partial charge in [0.2, 0.25) is 0 Å². The summed E-state index contributed by atoms with van der Waals surface area (Å²) in [5, 5.41) is 0. The van der Waals surface area contributed by atoms with Gasteiger partial charge in [-0.3, -0.25) is 4.79 Å². The van der Waals surface area contributed by atoms with Gasteiger partial charge in [0.25, 0.3) is 0 Å². The Hall–Kier alpha value is -1.32. The number of amides is 1. The van der Waals surface area contributed by atoms with E-state index in [-0.39, 0.29) is 17.8 Å². The fraction of sp³-hybridized carbons (Fsp3) is 0.714. The molecular formula is C14H23NO3. The minimum Gasteiger partial charge on any atom is -0.444 e. The van der Waals surface area contributed by atoms with E-state index in [1.165, 1.54) is 0 Å². The van der Waals surface area contributed by atoms with Gasteiger partial charge in [-0.15, -0.1) is 0 Å². The normalized spacial score (nSPS) is 19.8. The molecule has 0 aromatic rings. The summed E-state index contributed by atoms with van der Waals surface area (Å²) in [6, 6.07) is 0. The third-order valence-electron chi connectivity index (χ3n) is 2.89. The van der Waals surface area contributed by atoms with Crippen LogP contribution in [-0.4, -0.2) is 35.5 Å². The maximum absolute atomic E-state index is 11.8. The summed E-state index contributed by atoms with van der Waals surface area (Å²) in [5.41, 5.74) is 0.119. The van der Waals surface area contributed by atoms with E-state index in [9.17, 15) is 9.59 Å². The van der Waals surface area contributed by atoms with Crippen LogP contribution in [0, 0.1) is 5.92 Å². The molecule has 1 aliphatic heterocycles. The van der Waals surface area contributed by atoms with E-state index in [0.29, 0.717) is 25.1 Å². The fourth-order valence-electron chi connectivity index (χ4n) is 1.93. The van der Waals surface area contributed by atoms with Crippen molar-refractivity contribution in [3.63, 3.8) is 0 Å². The Kier molecular flexibility index (Phi) is 4.54. The lowest BCUT2D eigenvalue weighted by atomic mass is 9.99. The van der Waals surface area contributed by atoms with E-state index in [4.69, 9.17) is 4.74 Å². The van der Waals surface area contributed by atoms with E-state index in [1.54, 1.807) is 11.8 Å². The number of nitrogens with zero attached hydrogens (tertiary/aromatic N) is 1. The molecule has 1 unspecified atom stereocenters. The minimum atomic E-state index is -0.470. The largest absolute Gasteiger partial charge is 0.444 e. The third kappa shape index (κ3) is 4.51. The minimum absolute atomic E-state index is 0.0889. The van der Waals surface area contributed by atoms with Crippen LogP contribution in [0.15, 0.2) is 12.2 Å². The van der Waals surface area contributed by atoms with Crippen molar-refractivity contribution in [2.75, 3.05) is 13.1 Å². The number of hydrogen-bond donors (Lipinski definition) is 0. The number of ether oxygens (including phenoxy) is 1. The molecule has 0 radical (unpaired) electrons. The summed E-state index contributed by atoms with van der Waals surface area (Å²) in [7, 11) is 0. The zero-order valence-corrected chi connectivity index (χ0v) is 11.8. The monoisotopic (exact) mass is 253 g/mol. The topological polar surface area (TPSA) is 46.6 Å². The highest BCUT2D eigenvalue weighted by atomic mass is 16.6. The van der Waals surface area contributed by atoms with Gasteiger partial charge in [0.1, 0.15) is 5.60 Å². The summed E-state index contributed by atoms with van der Waals surface area (Å²) in [6.07, 6.45) is 1.06. The Balaban J connectivity index is 2.44. The van der Waals surface area contributed by atoms with Crippen LogP contribution in [-0.2, 0) is 9.53 Å². The molecule has 1 heterocycles. The van der Waals surface area contributed by atoms with Gasteiger partial charge >= 0.3 is 6.09 Å². The molecule has 1 aliphatic rings. The number of likely N-dealkylation sites (tertiary alicyclic amines) is 1. The first-order chi connectivity index (χ1) is 8.19. The van der Waals surface area contributed by atoms with E-state index in [0.717, 1.165) is 6.42 Å². The summed E-state index contributed by atoms with van der Waals surface area (Å²) in [4.78, 5) is 25.1. The Morgan fingerprint density at radius 2 is 2.00 bits per heavy atom. The van der Waals surface area contributed by atoms with Gasteiger partial charge in [-0.1, -0.05) is 6.58 Å². The van der Waals surface area contributed by atoms with Gasteiger partial charge in [-0.05, 0) is 45.6 Å². The lowest BCUT2D eigenvalue weighted by Crippen LogP contribution is -2.35. The van der Waals surface area contributed by atoms with Crippen LogP contribution in [0.1, 0.15) is 40.5 Å². The number of allylic oxidation sites excluding steroid dienone is 1. The standard InChI is InChI=1S/C14H23NO3/c1-10(2)12(16)8-11-6-7-15(9-11)13(17)18-14(3,4)5/h11H,1,6-9H2,2-5H3. The summed E-state index contributed by atoms with van der Waals surface area (Å²) in [6.45, 7) is 12.2. The molecule has 0 N–H and O–H groups in total. The smallest absolute Gasteiger partial charge is 0.410 e. The van der Waals surface area contributed by atoms with E-state index in [2.05, 4.69) is 6.58 Å². The van der Waals surface area contributed by atoms with E-state index < -0.39 is 5.60 Å². The average molecular weight is 253 g/mol. The zero-order valence-electron chi connectivity index (χ0n) is 11.8. The number of Topliss-reactive ketones (excluding diaryl/α,β-unsaturated/α-hetero) is 1. The first-order valence-electron chi connectivity index (χ1n) is 6.35. The molecule has 4 heteroatoms. The first-order valence-corrected chi connectivity index (χ1v) is 6.35. The Morgan fingerprint density at radius 1 is 1.39 bits per heavy atom. The third-order valence-corrected chi connectivity index (χ3v) is 2.89. The van der Waals surface area contributed by atoms with Gasteiger partial charge in [0, 0.05) is 19.5 Å². The lowest BCUT2D eigenvalue weighted by molar-refractivity contribution is -0.116. The molecular weight excluding hydrogens is 230 g/mol. The van der Waals surface area contributed by atoms with Crippen LogP contribution >= 0.6 is 0 Å². The fourth-order valence-corrected chi connectivity index (χ4v) is 1.93. The highest BCUT2D eigenvalue weighted by Gasteiger charge is 2.30. The molecule has 0 aromatic carbocycles. The number of hydrogen-bond acceptors (Lipinski definition) is 3. The Morgan fingerprint density at radius 3 is 2.50 bits per heavy atom. The van der Waals surface area contributed by atoms with E-state index in [1.807, 2.05) is 20.8 Å². The first kappa shape index (κ1) is 14.7. The molecule has 4 nitrogen and oxygen atoms in total. The van der Waals surface area contributed by atoms with Crippen molar-refractivity contribution >= 4 is 11.9 Å². The maximum Gasteiger partial charge on any atom is 0.410 e. The van der Waals surface area contributed by atoms with Crippen LogP contribution in [0.25, 0.3) is 0 Å². The van der Waals surface area contributed by atoms with E-state index >= 15 is 0 Å². The molecule has 102 valence electrons. The van der Waals surface area contributed by atoms with Gasteiger partial charge in [0.05, 0.1) is 0 Å². The van der Waals surface area contributed by atoms with Crippen LogP contribution in [0.3, 0.4) is 0 Å². The highest BCUT2D eigenvalue weighted by molar-refractivity contribution is 5.94. The predicted octanol–water partition coefficient (Wildman–Crippen LogP) is 2.78. The van der Waals surface area contributed by atoms with Gasteiger partial charge in [-0.2, -0.15) is 0 Å². The molecule has 0 bridgehead atoms. The second-order valence-corrected chi connectivity index (χ2v) is 5.99. The molecule has 1 saturated heterocycles.